The zero-order chi connectivity index (χ0) is 17.4. The van der Waals surface area contributed by atoms with E-state index in [1.807, 2.05) is 23.1 Å². The second-order valence-electron chi connectivity index (χ2n) is 6.08. The standard InChI is InChI=1S/C19H16BrFN2O2/c20-14-5-3-4-12-10-17(25-18(12)14)19(24)22-13-6-7-16(15(21)11-13)23-8-1-2-9-23/h3-7,10-11H,1-2,8-9H2,(H,22,24). The molecule has 0 saturated carbocycles. The fourth-order valence-electron chi connectivity index (χ4n) is 3.13. The zero-order valence-corrected chi connectivity index (χ0v) is 15.0. The third kappa shape index (κ3) is 3.14. The Balaban J connectivity index is 1.55. The van der Waals surface area contributed by atoms with Crippen LogP contribution in [0.15, 0.2) is 51.4 Å². The molecule has 128 valence electrons. The van der Waals surface area contributed by atoms with Crippen LogP contribution in [0.4, 0.5) is 15.8 Å². The molecule has 2 heterocycles. The molecule has 0 unspecified atom stereocenters. The van der Waals surface area contributed by atoms with Gasteiger partial charge in [-0.3, -0.25) is 4.79 Å². The van der Waals surface area contributed by atoms with E-state index in [9.17, 15) is 9.18 Å². The Labute approximate surface area is 152 Å². The fourth-order valence-corrected chi connectivity index (χ4v) is 3.59. The lowest BCUT2D eigenvalue weighted by atomic mass is 10.2. The number of amides is 1. The minimum atomic E-state index is -0.406. The second kappa shape index (κ2) is 6.52. The van der Waals surface area contributed by atoms with Crippen molar-refractivity contribution in [3.05, 3.63) is 58.5 Å². The molecule has 4 nitrogen and oxygen atoms in total. The lowest BCUT2D eigenvalue weighted by molar-refractivity contribution is 0.0998. The summed E-state index contributed by atoms with van der Waals surface area (Å²) in [5.74, 6) is -0.547. The lowest BCUT2D eigenvalue weighted by Crippen LogP contribution is -2.19. The van der Waals surface area contributed by atoms with Gasteiger partial charge >= 0.3 is 0 Å². The highest BCUT2D eigenvalue weighted by molar-refractivity contribution is 9.10. The Morgan fingerprint density at radius 1 is 1.16 bits per heavy atom. The third-order valence-electron chi connectivity index (χ3n) is 4.37. The van der Waals surface area contributed by atoms with Crippen LogP contribution in [0, 0.1) is 5.82 Å². The Morgan fingerprint density at radius 2 is 1.96 bits per heavy atom. The number of hydrogen-bond acceptors (Lipinski definition) is 3. The number of fused-ring (bicyclic) bond motifs is 1. The van der Waals surface area contributed by atoms with Crippen LogP contribution in [0.3, 0.4) is 0 Å². The number of para-hydroxylation sites is 1. The number of rotatable bonds is 3. The van der Waals surface area contributed by atoms with Gasteiger partial charge in [0, 0.05) is 24.2 Å². The maximum absolute atomic E-state index is 14.4. The van der Waals surface area contributed by atoms with Gasteiger partial charge in [0.2, 0.25) is 0 Å². The van der Waals surface area contributed by atoms with E-state index in [-0.39, 0.29) is 11.6 Å². The largest absolute Gasteiger partial charge is 0.450 e. The van der Waals surface area contributed by atoms with Crippen LogP contribution in [0.1, 0.15) is 23.4 Å². The minimum Gasteiger partial charge on any atom is -0.450 e. The Bertz CT molecular complexity index is 948. The van der Waals surface area contributed by atoms with E-state index in [1.54, 1.807) is 18.2 Å². The monoisotopic (exact) mass is 402 g/mol. The van der Waals surface area contributed by atoms with E-state index in [0.29, 0.717) is 17.0 Å². The Morgan fingerprint density at radius 3 is 2.68 bits per heavy atom. The first kappa shape index (κ1) is 16.1. The van der Waals surface area contributed by atoms with Gasteiger partial charge in [-0.15, -0.1) is 0 Å². The van der Waals surface area contributed by atoms with Crippen LogP contribution in [0.25, 0.3) is 11.0 Å². The van der Waals surface area contributed by atoms with Gasteiger partial charge in [0.1, 0.15) is 11.4 Å². The second-order valence-corrected chi connectivity index (χ2v) is 6.94. The average Bonchev–Trinajstić information content (AvgIpc) is 3.25. The molecular weight excluding hydrogens is 387 g/mol. The molecule has 1 amide bonds. The highest BCUT2D eigenvalue weighted by atomic mass is 79.9. The molecule has 25 heavy (non-hydrogen) atoms. The van der Waals surface area contributed by atoms with E-state index in [2.05, 4.69) is 21.2 Å². The first-order valence-corrected chi connectivity index (χ1v) is 8.95. The average molecular weight is 403 g/mol. The molecule has 1 aliphatic heterocycles. The lowest BCUT2D eigenvalue weighted by Gasteiger charge is -2.18. The minimum absolute atomic E-state index is 0.186. The van der Waals surface area contributed by atoms with Crippen LogP contribution in [-0.4, -0.2) is 19.0 Å². The summed E-state index contributed by atoms with van der Waals surface area (Å²) in [6, 6.07) is 12.0. The van der Waals surface area contributed by atoms with Crippen molar-refractivity contribution in [3.63, 3.8) is 0 Å². The summed E-state index contributed by atoms with van der Waals surface area (Å²) < 4.78 is 20.7. The fraction of sp³-hybridized carbons (Fsp3) is 0.211. The number of carbonyl (C=O) groups is 1. The van der Waals surface area contributed by atoms with Crippen LogP contribution >= 0.6 is 15.9 Å². The van der Waals surface area contributed by atoms with E-state index in [4.69, 9.17) is 4.42 Å². The molecule has 0 aliphatic carbocycles. The molecule has 0 radical (unpaired) electrons. The summed E-state index contributed by atoms with van der Waals surface area (Å²) in [6.45, 7) is 1.74. The summed E-state index contributed by atoms with van der Waals surface area (Å²) in [4.78, 5) is 14.4. The number of nitrogens with zero attached hydrogens (tertiary/aromatic N) is 1. The molecule has 1 fully saturated rings. The third-order valence-corrected chi connectivity index (χ3v) is 5.00. The summed E-state index contributed by atoms with van der Waals surface area (Å²) >= 11 is 3.40. The molecule has 0 bridgehead atoms. The predicted octanol–water partition coefficient (Wildman–Crippen LogP) is 5.19. The molecule has 1 aliphatic rings. The van der Waals surface area contributed by atoms with Gasteiger partial charge in [-0.05, 0) is 59.1 Å². The van der Waals surface area contributed by atoms with Gasteiger partial charge in [0.25, 0.3) is 5.91 Å². The molecule has 3 aromatic rings. The van der Waals surface area contributed by atoms with Crippen molar-refractivity contribution in [1.82, 2.24) is 0 Å². The number of anilines is 2. The first-order chi connectivity index (χ1) is 12.1. The maximum Gasteiger partial charge on any atom is 0.291 e. The molecule has 1 saturated heterocycles. The number of nitrogens with one attached hydrogen (secondary N) is 1. The zero-order valence-electron chi connectivity index (χ0n) is 13.4. The van der Waals surface area contributed by atoms with E-state index in [1.165, 1.54) is 6.07 Å². The number of carbonyl (C=O) groups excluding carboxylic acids is 1. The van der Waals surface area contributed by atoms with Gasteiger partial charge in [0.15, 0.2) is 5.76 Å². The van der Waals surface area contributed by atoms with Crippen LogP contribution < -0.4 is 10.2 Å². The highest BCUT2D eigenvalue weighted by Gasteiger charge is 2.18. The van der Waals surface area contributed by atoms with Crippen molar-refractivity contribution < 1.29 is 13.6 Å². The highest BCUT2D eigenvalue weighted by Crippen LogP contribution is 2.29. The van der Waals surface area contributed by atoms with Crippen molar-refractivity contribution in [2.24, 2.45) is 0 Å². The summed E-state index contributed by atoms with van der Waals surface area (Å²) in [6.07, 6.45) is 2.17. The van der Waals surface area contributed by atoms with Crippen molar-refractivity contribution >= 4 is 44.2 Å². The normalized spacial score (nSPS) is 14.2. The van der Waals surface area contributed by atoms with Crippen LogP contribution in [0.5, 0.6) is 0 Å². The molecule has 4 rings (SSSR count). The summed E-state index contributed by atoms with van der Waals surface area (Å²) in [5.41, 5.74) is 1.61. The van der Waals surface area contributed by atoms with Crippen molar-refractivity contribution in [1.29, 1.82) is 0 Å². The molecule has 1 aromatic heterocycles. The van der Waals surface area contributed by atoms with Crippen molar-refractivity contribution in [3.8, 4) is 0 Å². The number of halogens is 2. The predicted molar refractivity (Wildman–Crippen MR) is 99.7 cm³/mol. The van der Waals surface area contributed by atoms with Gasteiger partial charge in [-0.1, -0.05) is 12.1 Å². The smallest absolute Gasteiger partial charge is 0.291 e. The van der Waals surface area contributed by atoms with Crippen molar-refractivity contribution in [2.45, 2.75) is 12.8 Å². The Hall–Kier alpha value is -2.34. The first-order valence-electron chi connectivity index (χ1n) is 8.16. The summed E-state index contributed by atoms with van der Waals surface area (Å²) in [7, 11) is 0. The number of benzene rings is 2. The summed E-state index contributed by atoms with van der Waals surface area (Å²) in [5, 5.41) is 3.52. The molecule has 2 aromatic carbocycles. The van der Waals surface area contributed by atoms with Gasteiger partial charge in [0.05, 0.1) is 10.2 Å². The maximum atomic E-state index is 14.4. The molecule has 0 spiro atoms. The van der Waals surface area contributed by atoms with Crippen molar-refractivity contribution in [2.75, 3.05) is 23.3 Å². The van der Waals surface area contributed by atoms with E-state index in [0.717, 1.165) is 35.8 Å². The Kier molecular flexibility index (Phi) is 4.21. The van der Waals surface area contributed by atoms with Gasteiger partial charge < -0.3 is 14.6 Å². The van der Waals surface area contributed by atoms with E-state index >= 15 is 0 Å². The van der Waals surface area contributed by atoms with Gasteiger partial charge in [-0.25, -0.2) is 4.39 Å². The molecule has 0 atom stereocenters. The number of hydrogen-bond donors (Lipinski definition) is 1. The van der Waals surface area contributed by atoms with Crippen LogP contribution in [-0.2, 0) is 0 Å². The molecule has 6 heteroatoms. The van der Waals surface area contributed by atoms with E-state index < -0.39 is 5.91 Å². The molecular formula is C19H16BrFN2O2. The SMILES string of the molecule is O=C(Nc1ccc(N2CCCC2)c(F)c1)c1cc2cccc(Br)c2o1. The topological polar surface area (TPSA) is 45.5 Å². The number of furan rings is 1. The van der Waals surface area contributed by atoms with Gasteiger partial charge in [-0.2, -0.15) is 0 Å². The van der Waals surface area contributed by atoms with Crippen LogP contribution in [0.2, 0.25) is 0 Å². The quantitative estimate of drug-likeness (QED) is 0.655. The molecule has 1 N–H and O–H groups in total.